The highest BCUT2D eigenvalue weighted by atomic mass is 28.4. The number of hydrogen-bond acceptors (Lipinski definition) is 8. The fourth-order valence-electron chi connectivity index (χ4n) is 4.00. The summed E-state index contributed by atoms with van der Waals surface area (Å²) in [7, 11) is -5.62. The van der Waals surface area contributed by atoms with Crippen LogP contribution < -0.4 is 5.32 Å². The zero-order valence-electron chi connectivity index (χ0n) is 23.9. The molecule has 202 valence electrons. The normalized spacial score (nSPS) is 23.3. The van der Waals surface area contributed by atoms with Crippen LogP contribution in [0.15, 0.2) is 24.3 Å². The first-order valence-corrected chi connectivity index (χ1v) is 23.0. The van der Waals surface area contributed by atoms with Gasteiger partial charge in [0.15, 0.2) is 48.2 Å². The molecule has 0 bridgehead atoms. The lowest BCUT2D eigenvalue weighted by Crippen LogP contribution is -2.48. The Morgan fingerprint density at radius 1 is 0.944 bits per heavy atom. The van der Waals surface area contributed by atoms with Gasteiger partial charge in [-0.2, -0.15) is 0 Å². The minimum absolute atomic E-state index is 0.237. The Morgan fingerprint density at radius 3 is 2.17 bits per heavy atom. The standard InChI is InChI=1S/C24H45N5O4Si3/c1-17(2)12-13-25-22-19-23(27-15-26-22)29(16-28-19)24-21(33-36(9,10)11)20(32-35(6,7)8)18(31-24)14-30-34(3,4)5/h12,15-16,18,20-21,24H,13-14H2,1-11H3,(H,25,26,27). The first kappa shape index (κ1) is 29.1. The van der Waals surface area contributed by atoms with E-state index in [9.17, 15) is 0 Å². The molecule has 2 aromatic heterocycles. The Morgan fingerprint density at radius 2 is 1.58 bits per heavy atom. The second-order valence-corrected chi connectivity index (χ2v) is 26.0. The second-order valence-electron chi connectivity index (χ2n) is 12.6. The number of imidazole rings is 1. The summed E-state index contributed by atoms with van der Waals surface area (Å²) in [6.45, 7) is 25.0. The predicted molar refractivity (Wildman–Crippen MR) is 153 cm³/mol. The van der Waals surface area contributed by atoms with Gasteiger partial charge in [0, 0.05) is 6.54 Å². The van der Waals surface area contributed by atoms with Gasteiger partial charge in [0.1, 0.15) is 24.6 Å². The van der Waals surface area contributed by atoms with Crippen molar-refractivity contribution in [1.82, 2.24) is 19.5 Å². The third kappa shape index (κ3) is 8.04. The zero-order chi connectivity index (χ0) is 26.9. The van der Waals surface area contributed by atoms with E-state index in [1.165, 1.54) is 5.57 Å². The Kier molecular flexibility index (Phi) is 9.01. The molecule has 1 aliphatic rings. The van der Waals surface area contributed by atoms with Gasteiger partial charge >= 0.3 is 0 Å². The van der Waals surface area contributed by atoms with Crippen molar-refractivity contribution in [3.63, 3.8) is 0 Å². The highest BCUT2D eigenvalue weighted by Crippen LogP contribution is 2.38. The van der Waals surface area contributed by atoms with E-state index in [0.29, 0.717) is 30.1 Å². The molecule has 4 atom stereocenters. The van der Waals surface area contributed by atoms with Crippen molar-refractivity contribution in [2.45, 2.75) is 97.3 Å². The number of allylic oxidation sites excluding steroid dienone is 1. The number of aromatic nitrogens is 4. The number of nitrogens with one attached hydrogen (secondary N) is 1. The van der Waals surface area contributed by atoms with Crippen molar-refractivity contribution >= 4 is 41.9 Å². The lowest BCUT2D eigenvalue weighted by atomic mass is 10.1. The van der Waals surface area contributed by atoms with Crippen LogP contribution in [0.4, 0.5) is 5.82 Å². The third-order valence-corrected chi connectivity index (χ3v) is 8.35. The summed E-state index contributed by atoms with van der Waals surface area (Å²) in [5.41, 5.74) is 2.65. The Balaban J connectivity index is 2.01. The van der Waals surface area contributed by atoms with Gasteiger partial charge in [-0.05, 0) is 72.8 Å². The first-order chi connectivity index (χ1) is 16.5. The number of rotatable bonds is 11. The van der Waals surface area contributed by atoms with Gasteiger partial charge < -0.3 is 23.3 Å². The molecule has 12 heteroatoms. The number of nitrogens with zero attached hydrogens (tertiary/aromatic N) is 4. The van der Waals surface area contributed by atoms with Crippen LogP contribution in [-0.2, 0) is 18.0 Å². The topological polar surface area (TPSA) is 92.6 Å². The van der Waals surface area contributed by atoms with E-state index in [2.05, 4.69) is 99.1 Å². The van der Waals surface area contributed by atoms with Crippen LogP contribution in [-0.4, -0.2) is 75.9 Å². The molecule has 0 aliphatic carbocycles. The highest BCUT2D eigenvalue weighted by molar-refractivity contribution is 6.70. The van der Waals surface area contributed by atoms with Crippen molar-refractivity contribution < 1.29 is 18.0 Å². The molecule has 1 N–H and O–H groups in total. The van der Waals surface area contributed by atoms with E-state index in [-0.39, 0.29) is 18.3 Å². The molecule has 1 saturated heterocycles. The third-order valence-electron chi connectivity index (χ3n) is 5.36. The fraction of sp³-hybridized carbons (Fsp3) is 0.708. The molecule has 1 aliphatic heterocycles. The van der Waals surface area contributed by atoms with E-state index >= 15 is 0 Å². The number of anilines is 1. The summed E-state index contributed by atoms with van der Waals surface area (Å²) in [6, 6.07) is 0. The first-order valence-electron chi connectivity index (χ1n) is 12.7. The number of fused-ring (bicyclic) bond motifs is 1. The molecule has 4 unspecified atom stereocenters. The van der Waals surface area contributed by atoms with Crippen molar-refractivity contribution in [3.05, 3.63) is 24.3 Å². The average Bonchev–Trinajstić information content (AvgIpc) is 3.26. The van der Waals surface area contributed by atoms with Gasteiger partial charge in [0.05, 0.1) is 12.9 Å². The van der Waals surface area contributed by atoms with Crippen LogP contribution in [0.25, 0.3) is 11.2 Å². The summed E-state index contributed by atoms with van der Waals surface area (Å²) >= 11 is 0. The Labute approximate surface area is 219 Å². The second kappa shape index (κ2) is 11.1. The van der Waals surface area contributed by atoms with Crippen LogP contribution in [0.3, 0.4) is 0 Å². The fourth-order valence-corrected chi connectivity index (χ4v) is 6.84. The number of hydrogen-bond donors (Lipinski definition) is 1. The maximum atomic E-state index is 6.78. The van der Waals surface area contributed by atoms with Gasteiger partial charge in [-0.1, -0.05) is 11.6 Å². The van der Waals surface area contributed by atoms with Gasteiger partial charge in [-0.15, -0.1) is 0 Å². The summed E-state index contributed by atoms with van der Waals surface area (Å²) in [5.74, 6) is 0.699. The summed E-state index contributed by atoms with van der Waals surface area (Å²) in [4.78, 5) is 13.7. The molecule has 0 aromatic carbocycles. The van der Waals surface area contributed by atoms with Crippen molar-refractivity contribution in [3.8, 4) is 0 Å². The lowest BCUT2D eigenvalue weighted by Gasteiger charge is -2.34. The summed E-state index contributed by atoms with van der Waals surface area (Å²) in [6.07, 6.45) is 4.25. The molecule has 3 heterocycles. The lowest BCUT2D eigenvalue weighted by molar-refractivity contribution is -0.0457. The predicted octanol–water partition coefficient (Wildman–Crippen LogP) is 5.39. The average molecular weight is 552 g/mol. The summed E-state index contributed by atoms with van der Waals surface area (Å²) < 4.78 is 28.5. The quantitative estimate of drug-likeness (QED) is 0.293. The van der Waals surface area contributed by atoms with Crippen LogP contribution in [0, 0.1) is 0 Å². The number of ether oxygens (including phenoxy) is 1. The molecule has 2 aromatic rings. The molecule has 9 nitrogen and oxygen atoms in total. The van der Waals surface area contributed by atoms with Crippen molar-refractivity contribution in [2.75, 3.05) is 18.5 Å². The van der Waals surface area contributed by atoms with Gasteiger partial charge in [-0.25, -0.2) is 15.0 Å². The zero-order valence-corrected chi connectivity index (χ0v) is 26.9. The monoisotopic (exact) mass is 551 g/mol. The largest absolute Gasteiger partial charge is 0.415 e. The van der Waals surface area contributed by atoms with Crippen LogP contribution in [0.2, 0.25) is 58.9 Å². The summed E-state index contributed by atoms with van der Waals surface area (Å²) in [5, 5.41) is 3.35. The van der Waals surface area contributed by atoms with Crippen molar-refractivity contribution in [1.29, 1.82) is 0 Å². The van der Waals surface area contributed by atoms with Crippen LogP contribution >= 0.6 is 0 Å². The van der Waals surface area contributed by atoms with Gasteiger partial charge in [0.25, 0.3) is 0 Å². The molecule has 0 saturated carbocycles. The molecular weight excluding hydrogens is 507 g/mol. The molecular formula is C24H45N5O4Si3. The van der Waals surface area contributed by atoms with E-state index in [0.717, 1.165) is 0 Å². The van der Waals surface area contributed by atoms with Gasteiger partial charge in [-0.3, -0.25) is 4.57 Å². The maximum absolute atomic E-state index is 6.78. The Hall–Kier alpha value is -1.42. The molecule has 0 amide bonds. The Bertz CT molecular complexity index is 1050. The highest BCUT2D eigenvalue weighted by Gasteiger charge is 2.50. The van der Waals surface area contributed by atoms with Crippen LogP contribution in [0.5, 0.6) is 0 Å². The maximum Gasteiger partial charge on any atom is 0.184 e. The SMILES string of the molecule is CC(C)=CCNc1ncnc2c1ncn2C1OC(CO[Si](C)(C)C)C(O[Si](C)(C)C)C1O[Si](C)(C)C. The molecule has 1 fully saturated rings. The molecule has 36 heavy (non-hydrogen) atoms. The molecule has 3 rings (SSSR count). The molecule has 0 radical (unpaired) electrons. The minimum atomic E-state index is -1.95. The van der Waals surface area contributed by atoms with Crippen molar-refractivity contribution in [2.24, 2.45) is 0 Å². The van der Waals surface area contributed by atoms with E-state index in [4.69, 9.17) is 18.0 Å². The van der Waals surface area contributed by atoms with E-state index in [1.54, 1.807) is 12.7 Å². The van der Waals surface area contributed by atoms with E-state index in [1.807, 2.05) is 4.57 Å². The van der Waals surface area contributed by atoms with E-state index < -0.39 is 31.2 Å². The smallest absolute Gasteiger partial charge is 0.184 e. The molecule has 0 spiro atoms. The van der Waals surface area contributed by atoms with Crippen LogP contribution in [0.1, 0.15) is 20.1 Å². The van der Waals surface area contributed by atoms with Gasteiger partial charge in [0.2, 0.25) is 0 Å². The minimum Gasteiger partial charge on any atom is -0.415 e.